The van der Waals surface area contributed by atoms with Gasteiger partial charge in [0.25, 0.3) is 5.56 Å². The van der Waals surface area contributed by atoms with Crippen molar-refractivity contribution < 1.29 is 65.3 Å². The first kappa shape index (κ1) is 35.0. The average Bonchev–Trinajstić information content (AvgIpc) is 3.58. The molecule has 19 heteroatoms. The van der Waals surface area contributed by atoms with Crippen molar-refractivity contribution in [2.24, 2.45) is 0 Å². The first-order valence-electron chi connectivity index (χ1n) is 14.3. The molecule has 1 saturated carbocycles. The highest BCUT2D eigenvalue weighted by atomic mass is 31.2. The number of halogens is 1. The molecule has 0 bridgehead atoms. The number of nitrogens with zero attached hydrogens (tertiary/aromatic N) is 1. The average molecular weight is 669 g/mol. The van der Waals surface area contributed by atoms with Gasteiger partial charge in [0.05, 0.1) is 18.8 Å². The molecule has 3 fully saturated rings. The number of aromatic amines is 1. The normalized spacial score (nSPS) is 27.2. The Balaban J connectivity index is 1.58. The van der Waals surface area contributed by atoms with Crippen LogP contribution in [0.25, 0.3) is 0 Å². The van der Waals surface area contributed by atoms with Crippen LogP contribution in [0.5, 0.6) is 0 Å². The second-order valence-electron chi connectivity index (χ2n) is 11.4. The Morgan fingerprint density at radius 2 is 1.60 bits per heavy atom. The van der Waals surface area contributed by atoms with Crippen LogP contribution in [-0.4, -0.2) is 84.0 Å². The topological polar surface area (TPSA) is 198 Å². The number of phosphoric ester groups is 1. The van der Waals surface area contributed by atoms with Crippen molar-refractivity contribution in [1.29, 1.82) is 0 Å². The van der Waals surface area contributed by atoms with E-state index in [9.17, 15) is 23.7 Å². The van der Waals surface area contributed by atoms with Crippen molar-refractivity contribution in [1.82, 2.24) is 9.55 Å². The molecular weight excluding hydrogens is 630 g/mol. The molecule has 3 heterocycles. The third-order valence-electron chi connectivity index (χ3n) is 7.18. The maximum atomic E-state index is 15.2. The van der Waals surface area contributed by atoms with Crippen molar-refractivity contribution in [3.05, 3.63) is 33.1 Å². The number of H-pyrrole nitrogens is 1. The Hall–Kier alpha value is -2.86. The number of carbonyl (C=O) groups excluding carboxylic acids is 2. The monoisotopic (exact) mass is 668 g/mol. The highest BCUT2D eigenvalue weighted by molar-refractivity contribution is 7.48. The van der Waals surface area contributed by atoms with E-state index in [1.165, 1.54) is 6.20 Å². The van der Waals surface area contributed by atoms with Crippen molar-refractivity contribution >= 4 is 20.1 Å². The lowest BCUT2D eigenvalue weighted by molar-refractivity contribution is -0.253. The van der Waals surface area contributed by atoms with Gasteiger partial charge in [-0.15, -0.1) is 0 Å². The first-order chi connectivity index (χ1) is 21.1. The SMILES string of the molecule is CC(C)OC(=O)OCOP(=O)(OCOC(=O)OC(C)C)OCC1(CF)OC(n2ccc(=O)[nH]c2=O)C2(C)OC3(CCCC3)OC12. The molecule has 4 rings (SSSR count). The lowest BCUT2D eigenvalue weighted by Crippen LogP contribution is -2.51. The van der Waals surface area contributed by atoms with Crippen LogP contribution in [-0.2, 0) is 51.3 Å². The second kappa shape index (κ2) is 13.9. The quantitative estimate of drug-likeness (QED) is 0.182. The Morgan fingerprint density at radius 1 is 1.02 bits per heavy atom. The second-order valence-corrected chi connectivity index (χ2v) is 13.1. The number of ether oxygens (including phenoxy) is 7. The van der Waals surface area contributed by atoms with Crippen LogP contribution >= 0.6 is 7.82 Å². The molecule has 4 atom stereocenters. The Morgan fingerprint density at radius 3 is 2.11 bits per heavy atom. The smallest absolute Gasteiger partial charge is 0.432 e. The summed E-state index contributed by atoms with van der Waals surface area (Å²) in [6.45, 7) is 3.67. The van der Waals surface area contributed by atoms with Gasteiger partial charge in [0.1, 0.15) is 18.4 Å². The van der Waals surface area contributed by atoms with Crippen LogP contribution in [0.2, 0.25) is 0 Å². The number of aromatic nitrogens is 2. The molecule has 3 aliphatic rings. The molecule has 1 aliphatic carbocycles. The zero-order chi connectivity index (χ0) is 33.0. The zero-order valence-electron chi connectivity index (χ0n) is 25.5. The van der Waals surface area contributed by atoms with E-state index < -0.39 is 99.8 Å². The highest BCUT2D eigenvalue weighted by Gasteiger charge is 2.72. The van der Waals surface area contributed by atoms with Crippen LogP contribution in [0.1, 0.15) is 66.5 Å². The molecule has 4 unspecified atom stereocenters. The van der Waals surface area contributed by atoms with Gasteiger partial charge >= 0.3 is 25.8 Å². The van der Waals surface area contributed by atoms with E-state index in [1.807, 2.05) is 0 Å². The van der Waals surface area contributed by atoms with Crippen LogP contribution < -0.4 is 11.2 Å². The highest BCUT2D eigenvalue weighted by Crippen LogP contribution is 2.60. The minimum absolute atomic E-state index is 0.480. The number of fused-ring (bicyclic) bond motifs is 1. The van der Waals surface area contributed by atoms with Gasteiger partial charge < -0.3 is 33.2 Å². The number of hydrogen-bond acceptors (Lipinski definition) is 15. The Labute approximate surface area is 257 Å². The Kier molecular flexibility index (Phi) is 10.8. The van der Waals surface area contributed by atoms with Gasteiger partial charge in [0.15, 0.2) is 17.6 Å². The summed E-state index contributed by atoms with van der Waals surface area (Å²) in [5, 5.41) is 0. The summed E-state index contributed by atoms with van der Waals surface area (Å²) in [4.78, 5) is 50.2. The van der Waals surface area contributed by atoms with Crippen molar-refractivity contribution in [3.8, 4) is 0 Å². The fourth-order valence-corrected chi connectivity index (χ4v) is 6.34. The van der Waals surface area contributed by atoms with Gasteiger partial charge in [-0.2, -0.15) is 0 Å². The summed E-state index contributed by atoms with van der Waals surface area (Å²) in [6.07, 6.45) is -2.29. The van der Waals surface area contributed by atoms with E-state index in [-0.39, 0.29) is 0 Å². The first-order valence-corrected chi connectivity index (χ1v) is 15.7. The van der Waals surface area contributed by atoms with Gasteiger partial charge in [0, 0.05) is 25.1 Å². The van der Waals surface area contributed by atoms with E-state index >= 15 is 4.39 Å². The van der Waals surface area contributed by atoms with Gasteiger partial charge in [-0.1, -0.05) is 0 Å². The molecule has 1 aromatic rings. The van der Waals surface area contributed by atoms with Crippen molar-refractivity contribution in [3.63, 3.8) is 0 Å². The van der Waals surface area contributed by atoms with E-state index in [4.69, 9.17) is 46.7 Å². The third kappa shape index (κ3) is 7.93. The van der Waals surface area contributed by atoms with E-state index in [0.29, 0.717) is 12.8 Å². The fourth-order valence-electron chi connectivity index (χ4n) is 5.38. The molecule has 1 aromatic heterocycles. The van der Waals surface area contributed by atoms with Gasteiger partial charge in [0.2, 0.25) is 13.6 Å². The molecule has 0 amide bonds. The number of nitrogens with one attached hydrogen (secondary N) is 1. The predicted molar refractivity (Wildman–Crippen MR) is 147 cm³/mol. The molecule has 0 radical (unpaired) electrons. The number of alkyl halides is 1. The van der Waals surface area contributed by atoms with Gasteiger partial charge in [-0.3, -0.25) is 18.9 Å². The minimum atomic E-state index is -4.83. The maximum Gasteiger partial charge on any atom is 0.510 e. The number of phosphoric acid groups is 1. The van der Waals surface area contributed by atoms with Crippen molar-refractivity contribution in [2.45, 2.75) is 102 Å². The lowest BCUT2D eigenvalue weighted by atomic mass is 9.88. The van der Waals surface area contributed by atoms with Crippen LogP contribution in [0, 0.1) is 0 Å². The van der Waals surface area contributed by atoms with E-state index in [2.05, 4.69) is 4.98 Å². The van der Waals surface area contributed by atoms with Gasteiger partial charge in [-0.25, -0.2) is 32.4 Å². The van der Waals surface area contributed by atoms with Gasteiger partial charge in [-0.05, 0) is 47.5 Å². The summed E-state index contributed by atoms with van der Waals surface area (Å²) < 4.78 is 83.4. The number of rotatable bonds is 13. The number of carbonyl (C=O) groups is 2. The summed E-state index contributed by atoms with van der Waals surface area (Å²) in [5.41, 5.74) is -5.09. The van der Waals surface area contributed by atoms with Crippen LogP contribution in [0.15, 0.2) is 21.9 Å². The molecule has 45 heavy (non-hydrogen) atoms. The number of hydrogen-bond donors (Lipinski definition) is 1. The van der Waals surface area contributed by atoms with Crippen LogP contribution in [0.4, 0.5) is 14.0 Å². The molecule has 1 N–H and O–H groups in total. The molecule has 17 nitrogen and oxygen atoms in total. The summed E-state index contributed by atoms with van der Waals surface area (Å²) >= 11 is 0. The lowest BCUT2D eigenvalue weighted by Gasteiger charge is -2.34. The van der Waals surface area contributed by atoms with Crippen molar-refractivity contribution in [2.75, 3.05) is 26.9 Å². The van der Waals surface area contributed by atoms with E-state index in [0.717, 1.165) is 23.5 Å². The third-order valence-corrected chi connectivity index (χ3v) is 8.46. The Bertz CT molecular complexity index is 1350. The van der Waals surface area contributed by atoms with Crippen LogP contribution in [0.3, 0.4) is 0 Å². The summed E-state index contributed by atoms with van der Waals surface area (Å²) in [5.74, 6) is -1.11. The standard InChI is InChI=1S/C26H38FN2O15P/c1-16(2)40-22(32)35-14-38-45(34,39-15-36-23(33)41-17(3)4)37-13-25(12-27)19-24(5,44-26(42-19)9-6-7-10-26)20(43-25)29-11-8-18(30)28-21(29)31/h8,11,16-17,19-20H,6-7,9-10,12-15H2,1-5H3,(H,28,30,31). The fraction of sp³-hybridized carbons (Fsp3) is 0.769. The molecule has 254 valence electrons. The minimum Gasteiger partial charge on any atom is -0.432 e. The molecule has 0 aromatic carbocycles. The molecule has 2 saturated heterocycles. The maximum absolute atomic E-state index is 15.2. The predicted octanol–water partition coefficient (Wildman–Crippen LogP) is 3.41. The molecular formula is C26H38FN2O15P. The largest absolute Gasteiger partial charge is 0.510 e. The zero-order valence-corrected chi connectivity index (χ0v) is 26.4. The summed E-state index contributed by atoms with van der Waals surface area (Å²) in [6, 6.07) is 1.08. The van der Waals surface area contributed by atoms with E-state index in [1.54, 1.807) is 34.6 Å². The molecule has 2 aliphatic heterocycles. The molecule has 1 spiro atoms. The summed E-state index contributed by atoms with van der Waals surface area (Å²) in [7, 11) is -4.83.